The van der Waals surface area contributed by atoms with E-state index < -0.39 is 27.6 Å². The standard InChI is InChI=1S/C16H13N3O5S/c17-25(23,24)11-7-5-10(6-8-11)18-14(20)9-19-13-4-2-1-3-12(13)15(21)16(19)22/h1-8H,9H2,(H,18,20)(H2,17,23,24). The number of rotatable bonds is 4. The van der Waals surface area contributed by atoms with Crippen molar-refractivity contribution in [2.45, 2.75) is 4.90 Å². The summed E-state index contributed by atoms with van der Waals surface area (Å²) in [4.78, 5) is 37.1. The number of anilines is 2. The Kier molecular flexibility index (Phi) is 4.11. The van der Waals surface area contributed by atoms with Crippen LogP contribution in [0, 0.1) is 0 Å². The fourth-order valence-corrected chi connectivity index (χ4v) is 2.99. The average Bonchev–Trinajstić information content (AvgIpc) is 2.80. The summed E-state index contributed by atoms with van der Waals surface area (Å²) in [6.45, 7) is -0.335. The first-order valence-electron chi connectivity index (χ1n) is 7.15. The number of carbonyl (C=O) groups excluding carboxylic acids is 3. The number of hydrogen-bond donors (Lipinski definition) is 2. The highest BCUT2D eigenvalue weighted by Gasteiger charge is 2.36. The van der Waals surface area contributed by atoms with Gasteiger partial charge in [0.15, 0.2) is 0 Å². The van der Waals surface area contributed by atoms with Crippen LogP contribution in [-0.2, 0) is 19.6 Å². The minimum atomic E-state index is -3.82. The number of para-hydroxylation sites is 1. The van der Waals surface area contributed by atoms with Gasteiger partial charge in [0.25, 0.3) is 11.7 Å². The third-order valence-corrected chi connectivity index (χ3v) is 4.58. The molecule has 1 heterocycles. The zero-order valence-electron chi connectivity index (χ0n) is 12.8. The molecule has 3 N–H and O–H groups in total. The number of Topliss-reactive ketones (excluding diaryl/α,β-unsaturated/α-hetero) is 1. The number of nitrogens with two attached hydrogens (primary N) is 1. The smallest absolute Gasteiger partial charge is 0.299 e. The number of nitrogens with one attached hydrogen (secondary N) is 1. The molecular formula is C16H13N3O5S. The van der Waals surface area contributed by atoms with Crippen LogP contribution in [0.2, 0.25) is 0 Å². The van der Waals surface area contributed by atoms with Crippen molar-refractivity contribution in [1.29, 1.82) is 0 Å². The highest BCUT2D eigenvalue weighted by molar-refractivity contribution is 7.89. The average molecular weight is 359 g/mol. The Morgan fingerprint density at radius 1 is 1.04 bits per heavy atom. The summed E-state index contributed by atoms with van der Waals surface area (Å²) in [5.74, 6) is -1.94. The van der Waals surface area contributed by atoms with Crippen molar-refractivity contribution < 1.29 is 22.8 Å². The van der Waals surface area contributed by atoms with Gasteiger partial charge in [0.05, 0.1) is 16.1 Å². The molecule has 25 heavy (non-hydrogen) atoms. The van der Waals surface area contributed by atoms with E-state index in [0.717, 1.165) is 4.90 Å². The van der Waals surface area contributed by atoms with Crippen LogP contribution in [0.15, 0.2) is 53.4 Å². The topological polar surface area (TPSA) is 127 Å². The molecule has 2 aromatic rings. The van der Waals surface area contributed by atoms with Gasteiger partial charge in [0, 0.05) is 5.69 Å². The number of fused-ring (bicyclic) bond motifs is 1. The molecule has 2 aromatic carbocycles. The van der Waals surface area contributed by atoms with Crippen LogP contribution >= 0.6 is 0 Å². The van der Waals surface area contributed by atoms with Gasteiger partial charge < -0.3 is 5.32 Å². The molecule has 128 valence electrons. The lowest BCUT2D eigenvalue weighted by atomic mass is 10.1. The molecule has 0 bridgehead atoms. The van der Waals surface area contributed by atoms with E-state index in [1.165, 1.54) is 30.3 Å². The molecule has 1 aliphatic heterocycles. The van der Waals surface area contributed by atoms with Crippen LogP contribution < -0.4 is 15.4 Å². The molecule has 3 rings (SSSR count). The molecule has 0 radical (unpaired) electrons. The normalized spacial score (nSPS) is 13.7. The van der Waals surface area contributed by atoms with Crippen LogP contribution in [0.4, 0.5) is 11.4 Å². The van der Waals surface area contributed by atoms with E-state index in [9.17, 15) is 22.8 Å². The molecule has 0 fully saturated rings. The summed E-state index contributed by atoms with van der Waals surface area (Å²) in [6.07, 6.45) is 0. The maximum atomic E-state index is 12.2. The van der Waals surface area contributed by atoms with E-state index in [4.69, 9.17) is 5.14 Å². The molecule has 9 heteroatoms. The molecule has 1 aliphatic rings. The molecule has 0 unspecified atom stereocenters. The van der Waals surface area contributed by atoms with Gasteiger partial charge in [-0.3, -0.25) is 19.3 Å². The van der Waals surface area contributed by atoms with Gasteiger partial charge in [-0.25, -0.2) is 13.6 Å². The Labute approximate surface area is 143 Å². The van der Waals surface area contributed by atoms with E-state index in [1.54, 1.807) is 18.2 Å². The van der Waals surface area contributed by atoms with Gasteiger partial charge in [-0.15, -0.1) is 0 Å². The van der Waals surface area contributed by atoms with E-state index in [1.807, 2.05) is 0 Å². The number of amides is 2. The number of benzene rings is 2. The van der Waals surface area contributed by atoms with Crippen LogP contribution in [0.3, 0.4) is 0 Å². The molecule has 0 saturated carbocycles. The van der Waals surface area contributed by atoms with Gasteiger partial charge in [-0.1, -0.05) is 12.1 Å². The Morgan fingerprint density at radius 2 is 1.68 bits per heavy atom. The Bertz CT molecular complexity index is 983. The minimum absolute atomic E-state index is 0.0836. The first-order chi connectivity index (χ1) is 11.8. The lowest BCUT2D eigenvalue weighted by molar-refractivity contribution is -0.118. The van der Waals surface area contributed by atoms with E-state index in [2.05, 4.69) is 5.32 Å². The third kappa shape index (κ3) is 3.28. The number of sulfonamides is 1. The summed E-state index contributed by atoms with van der Waals surface area (Å²) in [6, 6.07) is 11.7. The highest BCUT2D eigenvalue weighted by Crippen LogP contribution is 2.28. The van der Waals surface area contributed by atoms with Crippen molar-refractivity contribution in [2.24, 2.45) is 5.14 Å². The van der Waals surface area contributed by atoms with Gasteiger partial charge >= 0.3 is 0 Å². The number of nitrogens with zero attached hydrogens (tertiary/aromatic N) is 1. The summed E-state index contributed by atoms with van der Waals surface area (Å²) in [5, 5.41) is 7.53. The van der Waals surface area contributed by atoms with Crippen LogP contribution in [-0.4, -0.2) is 32.6 Å². The molecule has 0 spiro atoms. The van der Waals surface area contributed by atoms with E-state index >= 15 is 0 Å². The number of carbonyl (C=O) groups is 3. The zero-order valence-corrected chi connectivity index (χ0v) is 13.6. The summed E-state index contributed by atoms with van der Waals surface area (Å²) < 4.78 is 22.4. The fourth-order valence-electron chi connectivity index (χ4n) is 2.48. The van der Waals surface area contributed by atoms with E-state index in [0.29, 0.717) is 11.4 Å². The molecular weight excluding hydrogens is 346 g/mol. The van der Waals surface area contributed by atoms with Crippen molar-refractivity contribution in [1.82, 2.24) is 0 Å². The number of hydrogen-bond acceptors (Lipinski definition) is 5. The second-order valence-corrected chi connectivity index (χ2v) is 6.92. The molecule has 8 nitrogen and oxygen atoms in total. The second kappa shape index (κ2) is 6.11. The Hall–Kier alpha value is -3.04. The quantitative estimate of drug-likeness (QED) is 0.769. The van der Waals surface area contributed by atoms with Crippen LogP contribution in [0.5, 0.6) is 0 Å². The van der Waals surface area contributed by atoms with Crippen molar-refractivity contribution in [3.8, 4) is 0 Å². The Balaban J connectivity index is 1.73. The molecule has 0 aliphatic carbocycles. The second-order valence-electron chi connectivity index (χ2n) is 5.36. The number of primary sulfonamides is 1. The largest absolute Gasteiger partial charge is 0.325 e. The monoisotopic (exact) mass is 359 g/mol. The molecule has 0 saturated heterocycles. The molecule has 2 amide bonds. The van der Waals surface area contributed by atoms with Gasteiger partial charge in [0.2, 0.25) is 15.9 Å². The fraction of sp³-hybridized carbons (Fsp3) is 0.0625. The van der Waals surface area contributed by atoms with E-state index in [-0.39, 0.29) is 17.0 Å². The van der Waals surface area contributed by atoms with Crippen molar-refractivity contribution in [3.05, 3.63) is 54.1 Å². The van der Waals surface area contributed by atoms with Crippen molar-refractivity contribution in [2.75, 3.05) is 16.8 Å². The zero-order chi connectivity index (χ0) is 18.2. The maximum Gasteiger partial charge on any atom is 0.299 e. The summed E-state index contributed by atoms with van der Waals surface area (Å²) in [7, 11) is -3.82. The number of ketones is 1. The summed E-state index contributed by atoms with van der Waals surface area (Å²) in [5.41, 5.74) is 0.985. The van der Waals surface area contributed by atoms with Gasteiger partial charge in [-0.2, -0.15) is 0 Å². The maximum absolute atomic E-state index is 12.2. The molecule has 0 aromatic heterocycles. The SMILES string of the molecule is NS(=O)(=O)c1ccc(NC(=O)CN2C(=O)C(=O)c3ccccc32)cc1. The van der Waals surface area contributed by atoms with Gasteiger partial charge in [0.1, 0.15) is 6.54 Å². The predicted octanol–water partition coefficient (Wildman–Crippen LogP) is 0.502. The first kappa shape index (κ1) is 16.8. The van der Waals surface area contributed by atoms with Crippen molar-refractivity contribution in [3.63, 3.8) is 0 Å². The molecule has 0 atom stereocenters. The Morgan fingerprint density at radius 3 is 2.32 bits per heavy atom. The van der Waals surface area contributed by atoms with Crippen LogP contribution in [0.25, 0.3) is 0 Å². The van der Waals surface area contributed by atoms with Crippen molar-refractivity contribution >= 4 is 39.0 Å². The lowest BCUT2D eigenvalue weighted by Gasteiger charge is -2.16. The van der Waals surface area contributed by atoms with Gasteiger partial charge in [-0.05, 0) is 36.4 Å². The minimum Gasteiger partial charge on any atom is -0.325 e. The highest BCUT2D eigenvalue weighted by atomic mass is 32.2. The predicted molar refractivity (Wildman–Crippen MR) is 89.6 cm³/mol. The summed E-state index contributed by atoms with van der Waals surface area (Å²) >= 11 is 0. The van der Waals surface area contributed by atoms with Crippen LogP contribution in [0.1, 0.15) is 10.4 Å². The lowest BCUT2D eigenvalue weighted by Crippen LogP contribution is -2.37. The first-order valence-corrected chi connectivity index (χ1v) is 8.70. The third-order valence-electron chi connectivity index (χ3n) is 3.65.